The summed E-state index contributed by atoms with van der Waals surface area (Å²) >= 11 is 0. The van der Waals surface area contributed by atoms with Crippen LogP contribution in [0.25, 0.3) is 0 Å². The van der Waals surface area contributed by atoms with Crippen LogP contribution in [-0.4, -0.2) is 18.2 Å². The quantitative estimate of drug-likeness (QED) is 0.818. The van der Waals surface area contributed by atoms with Crippen molar-refractivity contribution in [3.63, 3.8) is 0 Å². The second-order valence-electron chi connectivity index (χ2n) is 6.40. The zero-order valence-corrected chi connectivity index (χ0v) is 11.4. The van der Waals surface area contributed by atoms with Crippen LogP contribution in [0.5, 0.6) is 0 Å². The minimum atomic E-state index is -0.450. The van der Waals surface area contributed by atoms with Crippen molar-refractivity contribution in [3.05, 3.63) is 0 Å². The topological polar surface area (TPSA) is 46.2 Å². The third-order valence-corrected chi connectivity index (χ3v) is 5.68. The summed E-state index contributed by atoms with van der Waals surface area (Å²) in [6.07, 6.45) is 3.09. The molecule has 0 aromatic carbocycles. The summed E-state index contributed by atoms with van der Waals surface area (Å²) in [5.74, 6) is 0.374. The van der Waals surface area contributed by atoms with Crippen molar-refractivity contribution in [1.82, 2.24) is 5.32 Å². The highest BCUT2D eigenvalue weighted by atomic mass is 16.2. The number of ketones is 1. The fraction of sp³-hybridized carbons (Fsp3) is 0.857. The van der Waals surface area contributed by atoms with Crippen LogP contribution in [0.2, 0.25) is 0 Å². The fourth-order valence-electron chi connectivity index (χ4n) is 3.77. The van der Waals surface area contributed by atoms with Crippen molar-refractivity contribution in [2.45, 2.75) is 53.4 Å². The van der Waals surface area contributed by atoms with E-state index in [1.807, 2.05) is 13.8 Å². The lowest BCUT2D eigenvalue weighted by atomic mass is 9.64. The van der Waals surface area contributed by atoms with Gasteiger partial charge in [0, 0.05) is 18.4 Å². The van der Waals surface area contributed by atoms with E-state index >= 15 is 0 Å². The van der Waals surface area contributed by atoms with E-state index in [2.05, 4.69) is 19.2 Å². The zero-order valence-electron chi connectivity index (χ0n) is 11.4. The molecule has 0 aromatic rings. The van der Waals surface area contributed by atoms with E-state index in [1.165, 1.54) is 0 Å². The van der Waals surface area contributed by atoms with Crippen molar-refractivity contribution in [2.75, 3.05) is 6.54 Å². The van der Waals surface area contributed by atoms with Crippen LogP contribution < -0.4 is 5.32 Å². The first-order valence-corrected chi connectivity index (χ1v) is 6.63. The molecular weight excluding hydrogens is 214 g/mol. The number of amides is 1. The van der Waals surface area contributed by atoms with Crippen molar-refractivity contribution in [1.29, 1.82) is 0 Å². The Morgan fingerprint density at radius 1 is 1.29 bits per heavy atom. The molecule has 0 saturated heterocycles. The molecule has 0 aliphatic heterocycles. The molecule has 2 fully saturated rings. The lowest BCUT2D eigenvalue weighted by Crippen LogP contribution is -2.46. The van der Waals surface area contributed by atoms with Gasteiger partial charge in [0.15, 0.2) is 0 Å². The first-order chi connectivity index (χ1) is 7.82. The number of rotatable bonds is 3. The molecule has 1 N–H and O–H groups in total. The Labute approximate surface area is 103 Å². The Bertz CT molecular complexity index is 374. The third-order valence-electron chi connectivity index (χ3n) is 5.68. The molecule has 0 radical (unpaired) electrons. The highest BCUT2D eigenvalue weighted by Gasteiger charge is 2.72. The van der Waals surface area contributed by atoms with Gasteiger partial charge in [-0.3, -0.25) is 9.59 Å². The molecule has 2 atom stereocenters. The van der Waals surface area contributed by atoms with Crippen LogP contribution in [-0.2, 0) is 9.59 Å². The molecule has 2 bridgehead atoms. The van der Waals surface area contributed by atoms with Crippen LogP contribution in [0.1, 0.15) is 53.4 Å². The molecule has 0 spiro atoms. The van der Waals surface area contributed by atoms with Gasteiger partial charge in [-0.1, -0.05) is 27.7 Å². The summed E-state index contributed by atoms with van der Waals surface area (Å²) in [7, 11) is 0. The van der Waals surface area contributed by atoms with Crippen LogP contribution in [0.15, 0.2) is 0 Å². The Morgan fingerprint density at radius 3 is 2.35 bits per heavy atom. The summed E-state index contributed by atoms with van der Waals surface area (Å²) in [5, 5.41) is 2.99. The minimum absolute atomic E-state index is 0.0962. The van der Waals surface area contributed by atoms with Gasteiger partial charge in [0.25, 0.3) is 0 Å². The molecule has 0 heterocycles. The second-order valence-corrected chi connectivity index (χ2v) is 6.40. The van der Waals surface area contributed by atoms with Gasteiger partial charge in [-0.15, -0.1) is 0 Å². The van der Waals surface area contributed by atoms with Gasteiger partial charge in [-0.05, 0) is 24.7 Å². The largest absolute Gasteiger partial charge is 0.356 e. The second kappa shape index (κ2) is 3.56. The molecule has 0 aromatic heterocycles. The van der Waals surface area contributed by atoms with Gasteiger partial charge < -0.3 is 5.32 Å². The van der Waals surface area contributed by atoms with Crippen LogP contribution in [0.4, 0.5) is 0 Å². The number of carbonyl (C=O) groups is 2. The Balaban J connectivity index is 2.33. The number of nitrogens with one attached hydrogen (secondary N) is 1. The van der Waals surface area contributed by atoms with E-state index in [-0.39, 0.29) is 22.5 Å². The van der Waals surface area contributed by atoms with Crippen LogP contribution in [0, 0.1) is 16.2 Å². The predicted octanol–water partition coefficient (Wildman–Crippen LogP) is 2.30. The summed E-state index contributed by atoms with van der Waals surface area (Å²) in [4.78, 5) is 24.6. The molecular formula is C14H23NO2. The van der Waals surface area contributed by atoms with Gasteiger partial charge in [0.2, 0.25) is 5.91 Å². The molecule has 3 heteroatoms. The van der Waals surface area contributed by atoms with Gasteiger partial charge >= 0.3 is 0 Å². The highest BCUT2D eigenvalue weighted by Crippen LogP contribution is 2.70. The molecule has 96 valence electrons. The van der Waals surface area contributed by atoms with Crippen molar-refractivity contribution in [3.8, 4) is 0 Å². The van der Waals surface area contributed by atoms with E-state index in [0.29, 0.717) is 13.0 Å². The normalized spacial score (nSPS) is 38.5. The summed E-state index contributed by atoms with van der Waals surface area (Å²) in [6.45, 7) is 8.98. The van der Waals surface area contributed by atoms with Gasteiger partial charge in [-0.2, -0.15) is 0 Å². The van der Waals surface area contributed by atoms with Crippen molar-refractivity contribution < 1.29 is 9.59 Å². The maximum absolute atomic E-state index is 12.4. The smallest absolute Gasteiger partial charge is 0.227 e. The SMILES string of the molecule is CCCNC(=O)[C@]12CC[C@](C)(C(=O)C1)C2(C)C. The molecule has 2 aliphatic carbocycles. The first kappa shape index (κ1) is 12.6. The maximum Gasteiger partial charge on any atom is 0.227 e. The molecule has 2 saturated carbocycles. The molecule has 2 aliphatic rings. The van der Waals surface area contributed by atoms with E-state index in [9.17, 15) is 9.59 Å². The Kier molecular flexibility index (Phi) is 2.64. The van der Waals surface area contributed by atoms with Gasteiger partial charge in [0.1, 0.15) is 5.78 Å². The monoisotopic (exact) mass is 237 g/mol. The minimum Gasteiger partial charge on any atom is -0.356 e. The maximum atomic E-state index is 12.4. The third kappa shape index (κ3) is 1.28. The fourth-order valence-corrected chi connectivity index (χ4v) is 3.77. The highest BCUT2D eigenvalue weighted by molar-refractivity contribution is 5.99. The number of fused-ring (bicyclic) bond motifs is 2. The predicted molar refractivity (Wildman–Crippen MR) is 66.5 cm³/mol. The van der Waals surface area contributed by atoms with Crippen molar-refractivity contribution in [2.24, 2.45) is 16.2 Å². The summed E-state index contributed by atoms with van der Waals surface area (Å²) < 4.78 is 0. The van der Waals surface area contributed by atoms with Crippen LogP contribution in [0.3, 0.4) is 0 Å². The first-order valence-electron chi connectivity index (χ1n) is 6.63. The lowest BCUT2D eigenvalue weighted by Gasteiger charge is -2.38. The standard InChI is InChI=1S/C14H23NO2/c1-5-8-15-11(17)14-7-6-13(4,10(16)9-14)12(14,2)3/h5-9H2,1-4H3,(H,15,17)/t13-,14+/m1/s1. The number of carbonyl (C=O) groups excluding carboxylic acids is 2. The van der Waals surface area contributed by atoms with Crippen molar-refractivity contribution >= 4 is 11.7 Å². The lowest BCUT2D eigenvalue weighted by molar-refractivity contribution is -0.136. The molecule has 0 unspecified atom stereocenters. The number of hydrogen-bond donors (Lipinski definition) is 1. The number of Topliss-reactive ketones (excluding diaryl/α,β-unsaturated/α-hetero) is 1. The average molecular weight is 237 g/mol. The molecule has 3 nitrogen and oxygen atoms in total. The summed E-state index contributed by atoms with van der Waals surface area (Å²) in [5.41, 5.74) is -0.959. The number of hydrogen-bond acceptors (Lipinski definition) is 2. The molecule has 17 heavy (non-hydrogen) atoms. The van der Waals surface area contributed by atoms with E-state index in [4.69, 9.17) is 0 Å². The molecule has 2 rings (SSSR count). The molecule has 1 amide bonds. The van der Waals surface area contributed by atoms with E-state index < -0.39 is 5.41 Å². The van der Waals surface area contributed by atoms with E-state index in [1.54, 1.807) is 0 Å². The van der Waals surface area contributed by atoms with Gasteiger partial charge in [-0.25, -0.2) is 0 Å². The Hall–Kier alpha value is -0.860. The summed E-state index contributed by atoms with van der Waals surface area (Å²) in [6, 6.07) is 0. The van der Waals surface area contributed by atoms with Crippen LogP contribution >= 0.6 is 0 Å². The average Bonchev–Trinajstić information content (AvgIpc) is 2.56. The van der Waals surface area contributed by atoms with Gasteiger partial charge in [0.05, 0.1) is 5.41 Å². The zero-order chi connectivity index (χ0) is 12.9. The van der Waals surface area contributed by atoms with E-state index in [0.717, 1.165) is 19.3 Å². The Morgan fingerprint density at radius 2 is 1.94 bits per heavy atom.